The molecule has 1 aliphatic heterocycles. The molecule has 0 unspecified atom stereocenters. The van der Waals surface area contributed by atoms with Crippen LogP contribution in [0, 0.1) is 0 Å². The highest BCUT2D eigenvalue weighted by Gasteiger charge is 2.52. The lowest BCUT2D eigenvalue weighted by molar-refractivity contribution is 0.00578. The van der Waals surface area contributed by atoms with Crippen LogP contribution < -0.4 is 5.32 Å². The van der Waals surface area contributed by atoms with E-state index in [9.17, 15) is 9.90 Å². The van der Waals surface area contributed by atoms with E-state index in [2.05, 4.69) is 29.6 Å². The number of aromatic hydroxyl groups is 1. The maximum atomic E-state index is 13.0. The molecular weight excluding hydrogens is 513 g/mol. The Balaban J connectivity index is 1.20. The molecule has 208 valence electrons. The average Bonchev–Trinajstić information content (AvgIpc) is 3.38. The molecule has 1 saturated heterocycles. The van der Waals surface area contributed by atoms with Gasteiger partial charge in [-0.25, -0.2) is 4.79 Å². The molecule has 1 aliphatic carbocycles. The van der Waals surface area contributed by atoms with Gasteiger partial charge in [0.05, 0.1) is 11.2 Å². The Labute approximate surface area is 241 Å². The fraction of sp³-hybridized carbons (Fsp3) is 0.265. The molecule has 2 N–H and O–H groups in total. The number of carbonyl (C=O) groups excluding carboxylic acids is 1. The molecule has 6 rings (SSSR count). The van der Waals surface area contributed by atoms with Gasteiger partial charge in [0, 0.05) is 12.5 Å². The third-order valence-electron chi connectivity index (χ3n) is 8.54. The number of benzene rings is 4. The van der Waals surface area contributed by atoms with E-state index in [-0.39, 0.29) is 24.8 Å². The van der Waals surface area contributed by atoms with Crippen molar-refractivity contribution in [3.05, 3.63) is 107 Å². The summed E-state index contributed by atoms with van der Waals surface area (Å²) in [5.74, 6) is 0.196. The van der Waals surface area contributed by atoms with Gasteiger partial charge < -0.3 is 24.5 Å². The summed E-state index contributed by atoms with van der Waals surface area (Å²) < 4.78 is 18.4. The highest BCUT2D eigenvalue weighted by molar-refractivity contribution is 6.56. The molecule has 0 bridgehead atoms. The summed E-state index contributed by atoms with van der Waals surface area (Å²) in [5.41, 5.74) is 5.31. The lowest BCUT2D eigenvalue weighted by atomic mass is 9.77. The Hall–Kier alpha value is -4.07. The van der Waals surface area contributed by atoms with E-state index in [4.69, 9.17) is 14.0 Å². The Morgan fingerprint density at radius 3 is 2.15 bits per heavy atom. The second-order valence-corrected chi connectivity index (χ2v) is 11.8. The normalized spacial score (nSPS) is 17.4. The van der Waals surface area contributed by atoms with Crippen LogP contribution in [0.5, 0.6) is 5.75 Å². The molecule has 1 fully saturated rings. The van der Waals surface area contributed by atoms with E-state index in [0.717, 1.165) is 21.8 Å². The minimum absolute atomic E-state index is 0.0136. The van der Waals surface area contributed by atoms with Crippen LogP contribution in [0.2, 0.25) is 0 Å². The standard InChI is InChI=1S/C34H34BNO5/c1-33(2)34(3,4)41-35(40-33)25(18-22-13-14-23-15-16-26(37)19-24(23)17-22)20-36-32(38)39-21-31-29-11-7-5-9-27(29)28-10-6-8-12-30(28)31/h5-19,31,37H,20-21H2,1-4H3,(H,36,38). The van der Waals surface area contributed by atoms with Gasteiger partial charge in [0.15, 0.2) is 0 Å². The van der Waals surface area contributed by atoms with Crippen molar-refractivity contribution >= 4 is 30.1 Å². The summed E-state index contributed by atoms with van der Waals surface area (Å²) in [4.78, 5) is 13.0. The summed E-state index contributed by atoms with van der Waals surface area (Å²) in [6.45, 7) is 8.44. The molecule has 4 aromatic rings. The molecule has 1 heterocycles. The van der Waals surface area contributed by atoms with Crippen molar-refractivity contribution in [2.24, 2.45) is 0 Å². The van der Waals surface area contributed by atoms with Crippen molar-refractivity contribution in [2.45, 2.75) is 44.8 Å². The minimum Gasteiger partial charge on any atom is -0.508 e. The fourth-order valence-corrected chi connectivity index (χ4v) is 5.58. The van der Waals surface area contributed by atoms with E-state index in [1.54, 1.807) is 12.1 Å². The molecule has 0 atom stereocenters. The highest BCUT2D eigenvalue weighted by atomic mass is 16.7. The highest BCUT2D eigenvalue weighted by Crippen LogP contribution is 2.44. The van der Waals surface area contributed by atoms with Gasteiger partial charge in [-0.3, -0.25) is 0 Å². The summed E-state index contributed by atoms with van der Waals surface area (Å²) in [6, 6.07) is 27.8. The lowest BCUT2D eigenvalue weighted by Gasteiger charge is -2.32. The number of hydrogen-bond donors (Lipinski definition) is 2. The SMILES string of the molecule is CC1(C)OB(C(=Cc2ccc3ccc(O)cc3c2)CNC(=O)OCC2c3ccccc3-c3ccccc32)OC1(C)C. The summed E-state index contributed by atoms with van der Waals surface area (Å²) in [7, 11) is -0.645. The predicted molar refractivity (Wildman–Crippen MR) is 163 cm³/mol. The minimum atomic E-state index is -0.645. The maximum absolute atomic E-state index is 13.0. The fourth-order valence-electron chi connectivity index (χ4n) is 5.58. The van der Waals surface area contributed by atoms with Crippen molar-refractivity contribution in [1.29, 1.82) is 0 Å². The first-order valence-electron chi connectivity index (χ1n) is 14.0. The van der Waals surface area contributed by atoms with E-state index in [1.165, 1.54) is 22.3 Å². The monoisotopic (exact) mass is 547 g/mol. The number of hydrogen-bond acceptors (Lipinski definition) is 5. The van der Waals surface area contributed by atoms with E-state index in [0.29, 0.717) is 0 Å². The number of phenols is 1. The van der Waals surface area contributed by atoms with Crippen LogP contribution in [0.15, 0.2) is 90.4 Å². The molecule has 4 aromatic carbocycles. The number of nitrogens with one attached hydrogen (secondary N) is 1. The van der Waals surface area contributed by atoms with Gasteiger partial charge in [-0.05, 0) is 90.0 Å². The zero-order valence-corrected chi connectivity index (χ0v) is 23.8. The van der Waals surface area contributed by atoms with Crippen molar-refractivity contribution in [1.82, 2.24) is 5.32 Å². The number of alkyl carbamates (subject to hydrolysis) is 1. The van der Waals surface area contributed by atoms with Gasteiger partial charge in [-0.2, -0.15) is 0 Å². The number of fused-ring (bicyclic) bond motifs is 4. The van der Waals surface area contributed by atoms with Crippen LogP contribution >= 0.6 is 0 Å². The summed E-state index contributed by atoms with van der Waals surface area (Å²) >= 11 is 0. The first-order chi connectivity index (χ1) is 19.6. The van der Waals surface area contributed by atoms with Gasteiger partial charge in [0.1, 0.15) is 12.4 Å². The Kier molecular flexibility index (Phi) is 6.88. The lowest BCUT2D eigenvalue weighted by Crippen LogP contribution is -2.41. The molecule has 0 saturated carbocycles. The van der Waals surface area contributed by atoms with Crippen LogP contribution in [0.25, 0.3) is 28.0 Å². The maximum Gasteiger partial charge on any atom is 0.492 e. The van der Waals surface area contributed by atoms with Crippen molar-refractivity contribution < 1.29 is 23.9 Å². The number of rotatable bonds is 6. The number of amides is 1. The number of ether oxygens (including phenoxy) is 1. The van der Waals surface area contributed by atoms with Crippen molar-refractivity contribution in [3.63, 3.8) is 0 Å². The second kappa shape index (κ2) is 10.4. The molecule has 0 aromatic heterocycles. The van der Waals surface area contributed by atoms with Crippen LogP contribution in [0.3, 0.4) is 0 Å². The average molecular weight is 547 g/mol. The predicted octanol–water partition coefficient (Wildman–Crippen LogP) is 7.10. The van der Waals surface area contributed by atoms with Gasteiger partial charge in [-0.15, -0.1) is 0 Å². The zero-order chi connectivity index (χ0) is 28.8. The first-order valence-corrected chi connectivity index (χ1v) is 14.0. The molecule has 41 heavy (non-hydrogen) atoms. The summed E-state index contributed by atoms with van der Waals surface area (Å²) in [6.07, 6.45) is 1.47. The van der Waals surface area contributed by atoms with Gasteiger partial charge in [0.25, 0.3) is 0 Å². The quantitative estimate of drug-likeness (QED) is 0.252. The Morgan fingerprint density at radius 2 is 1.49 bits per heavy atom. The zero-order valence-electron chi connectivity index (χ0n) is 23.8. The largest absolute Gasteiger partial charge is 0.508 e. The third-order valence-corrected chi connectivity index (χ3v) is 8.54. The van der Waals surface area contributed by atoms with Gasteiger partial charge >= 0.3 is 13.2 Å². The van der Waals surface area contributed by atoms with Crippen molar-refractivity contribution in [3.8, 4) is 16.9 Å². The van der Waals surface area contributed by atoms with Crippen LogP contribution in [-0.4, -0.2) is 42.7 Å². The molecule has 0 spiro atoms. The first kappa shape index (κ1) is 27.1. The molecule has 0 radical (unpaired) electrons. The van der Waals surface area contributed by atoms with E-state index >= 15 is 0 Å². The van der Waals surface area contributed by atoms with Crippen LogP contribution in [0.4, 0.5) is 4.79 Å². The third kappa shape index (κ3) is 5.23. The number of phenolic OH excluding ortho intramolecular Hbond substituents is 1. The van der Waals surface area contributed by atoms with Gasteiger partial charge in [-0.1, -0.05) is 72.8 Å². The molecule has 7 heteroatoms. The molecule has 1 amide bonds. The smallest absolute Gasteiger partial charge is 0.492 e. The summed E-state index contributed by atoms with van der Waals surface area (Å²) in [5, 5.41) is 14.8. The molecular formula is C34H34BNO5. The van der Waals surface area contributed by atoms with Crippen molar-refractivity contribution in [2.75, 3.05) is 13.2 Å². The second-order valence-electron chi connectivity index (χ2n) is 11.8. The Bertz CT molecular complexity index is 1600. The van der Waals surface area contributed by atoms with E-state index < -0.39 is 24.4 Å². The Morgan fingerprint density at radius 1 is 0.878 bits per heavy atom. The topological polar surface area (TPSA) is 77.0 Å². The molecule has 2 aliphatic rings. The number of carbonyl (C=O) groups is 1. The van der Waals surface area contributed by atoms with Gasteiger partial charge in [0.2, 0.25) is 0 Å². The molecule has 6 nitrogen and oxygen atoms in total. The van der Waals surface area contributed by atoms with Crippen LogP contribution in [0.1, 0.15) is 50.3 Å². The van der Waals surface area contributed by atoms with Crippen LogP contribution in [-0.2, 0) is 14.0 Å². The van der Waals surface area contributed by atoms with E-state index in [1.807, 2.05) is 82.3 Å².